The van der Waals surface area contributed by atoms with Crippen LogP contribution in [0.25, 0.3) is 11.1 Å². The van der Waals surface area contributed by atoms with Gasteiger partial charge in [-0.15, -0.1) is 12.4 Å². The molecule has 0 aliphatic heterocycles. The lowest BCUT2D eigenvalue weighted by Gasteiger charge is -2.11. The number of amides is 1. The van der Waals surface area contributed by atoms with Crippen molar-refractivity contribution in [1.82, 2.24) is 0 Å². The van der Waals surface area contributed by atoms with Gasteiger partial charge in [0.25, 0.3) is 0 Å². The summed E-state index contributed by atoms with van der Waals surface area (Å²) < 4.78 is 28.4. The van der Waals surface area contributed by atoms with Crippen molar-refractivity contribution in [3.05, 3.63) is 94.6 Å². The van der Waals surface area contributed by atoms with Crippen LogP contribution in [-0.2, 0) is 19.3 Å². The van der Waals surface area contributed by atoms with Crippen LogP contribution in [0.3, 0.4) is 0 Å². The van der Waals surface area contributed by atoms with Crippen molar-refractivity contribution in [1.29, 1.82) is 0 Å². The smallest absolute Gasteiger partial charge is 0.248 e. The van der Waals surface area contributed by atoms with E-state index in [9.17, 15) is 13.6 Å². The molecule has 0 saturated heterocycles. The molecule has 2 N–H and O–H groups in total. The number of carbonyl (C=O) groups is 1. The largest absolute Gasteiger partial charge is 0.366 e. The first-order valence-corrected chi connectivity index (χ1v) is 9.45. The molecule has 1 aliphatic rings. The van der Waals surface area contributed by atoms with Crippen LogP contribution < -0.4 is 5.73 Å². The van der Waals surface area contributed by atoms with Crippen LogP contribution in [0.15, 0.2) is 60.7 Å². The molecule has 0 atom stereocenters. The molecule has 150 valence electrons. The molecule has 0 spiro atoms. The summed E-state index contributed by atoms with van der Waals surface area (Å²) in [7, 11) is 0. The Morgan fingerprint density at radius 1 is 0.931 bits per heavy atom. The lowest BCUT2D eigenvalue weighted by Crippen LogP contribution is -2.11. The van der Waals surface area contributed by atoms with Gasteiger partial charge < -0.3 is 5.73 Å². The van der Waals surface area contributed by atoms with Crippen molar-refractivity contribution in [3.63, 3.8) is 0 Å². The molecule has 3 aromatic carbocycles. The van der Waals surface area contributed by atoms with Gasteiger partial charge >= 0.3 is 0 Å². The van der Waals surface area contributed by atoms with Crippen LogP contribution in [-0.4, -0.2) is 5.91 Å². The van der Waals surface area contributed by atoms with Crippen molar-refractivity contribution >= 4 is 18.3 Å². The molecule has 0 bridgehead atoms. The summed E-state index contributed by atoms with van der Waals surface area (Å²) in [4.78, 5) is 11.3. The predicted molar refractivity (Wildman–Crippen MR) is 113 cm³/mol. The first-order valence-electron chi connectivity index (χ1n) is 9.45. The Kier molecular flexibility index (Phi) is 6.33. The Morgan fingerprint density at radius 3 is 2.24 bits per heavy atom. The maximum atomic E-state index is 14.6. The average molecular weight is 414 g/mol. The van der Waals surface area contributed by atoms with Crippen molar-refractivity contribution in [2.45, 2.75) is 25.7 Å². The van der Waals surface area contributed by atoms with Gasteiger partial charge in [-0.2, -0.15) is 0 Å². The predicted octanol–water partition coefficient (Wildman–Crippen LogP) is 5.50. The fraction of sp³-hybridized carbons (Fsp3) is 0.208. The maximum absolute atomic E-state index is 14.6. The minimum Gasteiger partial charge on any atom is -0.366 e. The van der Waals surface area contributed by atoms with Gasteiger partial charge in [0.15, 0.2) is 0 Å². The number of halogens is 3. The first kappa shape index (κ1) is 21.0. The average Bonchev–Trinajstić information content (AvgIpc) is 3.09. The Labute approximate surface area is 175 Å². The molecule has 3 aromatic rings. The van der Waals surface area contributed by atoms with E-state index in [-0.39, 0.29) is 23.8 Å². The van der Waals surface area contributed by atoms with Gasteiger partial charge in [-0.1, -0.05) is 36.4 Å². The Hall–Kier alpha value is -2.72. The summed E-state index contributed by atoms with van der Waals surface area (Å²) in [6.07, 6.45) is 3.70. The van der Waals surface area contributed by atoms with Crippen LogP contribution in [0.4, 0.5) is 8.78 Å². The summed E-state index contributed by atoms with van der Waals surface area (Å²) in [5.41, 5.74) is 9.73. The van der Waals surface area contributed by atoms with Gasteiger partial charge in [0.05, 0.1) is 0 Å². The molecule has 1 aliphatic carbocycles. The second kappa shape index (κ2) is 8.75. The molecule has 0 heterocycles. The molecule has 29 heavy (non-hydrogen) atoms. The van der Waals surface area contributed by atoms with E-state index in [0.717, 1.165) is 25.3 Å². The van der Waals surface area contributed by atoms with E-state index >= 15 is 0 Å². The first-order chi connectivity index (χ1) is 13.5. The number of hydrogen-bond acceptors (Lipinski definition) is 1. The molecule has 0 saturated carbocycles. The summed E-state index contributed by atoms with van der Waals surface area (Å²) in [6.45, 7) is 0. The van der Waals surface area contributed by atoms with Crippen molar-refractivity contribution in [2.75, 3.05) is 0 Å². The molecule has 1 amide bonds. The standard InChI is InChI=1S/C24H21F2NO.ClH/c25-22-12-20(11-21(13-22)24(27)28)19-8-7-16(23(26)14-19)6-5-15-9-17-3-1-2-4-18(17)10-15;/h1-4,7-8,11-15H,5-6,9-10H2,(H2,27,28);1H. The third-order valence-electron chi connectivity index (χ3n) is 5.53. The molecule has 0 unspecified atom stereocenters. The zero-order valence-electron chi connectivity index (χ0n) is 15.8. The second-order valence-corrected chi connectivity index (χ2v) is 7.48. The quantitative estimate of drug-likeness (QED) is 0.589. The third kappa shape index (κ3) is 4.65. The van der Waals surface area contributed by atoms with Gasteiger partial charge in [-0.3, -0.25) is 4.79 Å². The summed E-state index contributed by atoms with van der Waals surface area (Å²) in [5.74, 6) is -1.05. The Balaban J connectivity index is 0.00000240. The van der Waals surface area contributed by atoms with Crippen LogP contribution in [0.2, 0.25) is 0 Å². The third-order valence-corrected chi connectivity index (χ3v) is 5.53. The molecular weight excluding hydrogens is 392 g/mol. The van der Waals surface area contributed by atoms with Crippen molar-refractivity contribution < 1.29 is 13.6 Å². The Bertz CT molecular complexity index is 1030. The van der Waals surface area contributed by atoms with Gasteiger partial charge in [-0.05, 0) is 83.7 Å². The number of hydrogen-bond donors (Lipinski definition) is 1. The van der Waals surface area contributed by atoms with Gasteiger partial charge in [0.1, 0.15) is 11.6 Å². The number of nitrogens with two attached hydrogens (primary N) is 1. The van der Waals surface area contributed by atoms with E-state index in [2.05, 4.69) is 24.3 Å². The van der Waals surface area contributed by atoms with Crippen LogP contribution in [0.5, 0.6) is 0 Å². The van der Waals surface area contributed by atoms with Crippen LogP contribution in [0, 0.1) is 17.6 Å². The topological polar surface area (TPSA) is 43.1 Å². The van der Waals surface area contributed by atoms with E-state index in [1.807, 2.05) is 0 Å². The highest BCUT2D eigenvalue weighted by Gasteiger charge is 2.21. The second-order valence-electron chi connectivity index (χ2n) is 7.48. The van der Waals surface area contributed by atoms with Crippen molar-refractivity contribution in [3.8, 4) is 11.1 Å². The van der Waals surface area contributed by atoms with E-state index in [4.69, 9.17) is 5.73 Å². The van der Waals surface area contributed by atoms with Crippen LogP contribution in [0.1, 0.15) is 33.5 Å². The number of primary amides is 1. The molecule has 0 radical (unpaired) electrons. The minimum absolute atomic E-state index is 0. The molecule has 4 rings (SSSR count). The van der Waals surface area contributed by atoms with Gasteiger partial charge in [-0.25, -0.2) is 8.78 Å². The fourth-order valence-electron chi connectivity index (χ4n) is 4.04. The van der Waals surface area contributed by atoms with Crippen LogP contribution >= 0.6 is 12.4 Å². The van der Waals surface area contributed by atoms with E-state index in [1.165, 1.54) is 29.3 Å². The molecular formula is C24H22ClF2NO. The summed E-state index contributed by atoms with van der Waals surface area (Å²) in [5, 5.41) is 0. The molecule has 2 nitrogen and oxygen atoms in total. The van der Waals surface area contributed by atoms with Gasteiger partial charge in [0.2, 0.25) is 5.91 Å². The van der Waals surface area contributed by atoms with Gasteiger partial charge in [0, 0.05) is 5.56 Å². The zero-order valence-corrected chi connectivity index (χ0v) is 16.6. The number of rotatable bonds is 5. The summed E-state index contributed by atoms with van der Waals surface area (Å²) >= 11 is 0. The molecule has 0 aromatic heterocycles. The van der Waals surface area contributed by atoms with E-state index < -0.39 is 11.7 Å². The zero-order chi connectivity index (χ0) is 19.7. The molecule has 0 fully saturated rings. The number of carbonyl (C=O) groups excluding carboxylic acids is 1. The SMILES string of the molecule is Cl.NC(=O)c1cc(F)cc(-c2ccc(CCC3Cc4ccccc4C3)c(F)c2)c1. The normalized spacial score (nSPS) is 13.0. The monoisotopic (exact) mass is 413 g/mol. The fourth-order valence-corrected chi connectivity index (χ4v) is 4.04. The lowest BCUT2D eigenvalue weighted by atomic mass is 9.95. The maximum Gasteiger partial charge on any atom is 0.248 e. The highest BCUT2D eigenvalue weighted by Crippen LogP contribution is 2.30. The minimum atomic E-state index is -0.713. The highest BCUT2D eigenvalue weighted by atomic mass is 35.5. The Morgan fingerprint density at radius 2 is 1.62 bits per heavy atom. The van der Waals surface area contributed by atoms with E-state index in [1.54, 1.807) is 12.1 Å². The summed E-state index contributed by atoms with van der Waals surface area (Å²) in [6, 6.07) is 17.2. The van der Waals surface area contributed by atoms with E-state index in [0.29, 0.717) is 29.0 Å². The highest BCUT2D eigenvalue weighted by molar-refractivity contribution is 5.94. The number of fused-ring (bicyclic) bond motifs is 1. The number of benzene rings is 3. The number of aryl methyl sites for hydroxylation is 1. The van der Waals surface area contributed by atoms with Crippen molar-refractivity contribution in [2.24, 2.45) is 11.7 Å². The molecule has 5 heteroatoms. The lowest BCUT2D eigenvalue weighted by molar-refractivity contribution is 0.1000.